The Morgan fingerprint density at radius 3 is 2.71 bits per heavy atom. The molecule has 3 rings (SSSR count). The van der Waals surface area contributed by atoms with E-state index in [9.17, 15) is 22.4 Å². The highest BCUT2D eigenvalue weighted by Gasteiger charge is 2.37. The Morgan fingerprint density at radius 1 is 1.32 bits per heavy atom. The molecule has 2 aromatic rings. The van der Waals surface area contributed by atoms with Crippen LogP contribution in [0, 0.1) is 12.7 Å². The van der Waals surface area contributed by atoms with Gasteiger partial charge in [0.25, 0.3) is 0 Å². The molecule has 10 heteroatoms. The fourth-order valence-electron chi connectivity index (χ4n) is 3.68. The topological polar surface area (TPSA) is 36.4 Å². The van der Waals surface area contributed by atoms with Crippen molar-refractivity contribution in [2.24, 2.45) is 0 Å². The molecule has 1 aromatic heterocycles. The van der Waals surface area contributed by atoms with Crippen LogP contribution in [0.5, 0.6) is 0 Å². The van der Waals surface area contributed by atoms with Crippen LogP contribution in [0.1, 0.15) is 30.5 Å². The molecule has 0 radical (unpaired) electrons. The van der Waals surface area contributed by atoms with Crippen LogP contribution in [0.3, 0.4) is 0 Å². The third kappa shape index (κ3) is 5.49. The number of aromatic nitrogens is 1. The number of nitrogens with zero attached hydrogens (tertiary/aromatic N) is 3. The number of amides is 1. The lowest BCUT2D eigenvalue weighted by atomic mass is 10.1. The summed E-state index contributed by atoms with van der Waals surface area (Å²) in [5.41, 5.74) is -0.226. The van der Waals surface area contributed by atoms with Crippen molar-refractivity contribution in [3.05, 3.63) is 52.4 Å². The van der Waals surface area contributed by atoms with Gasteiger partial charge in [0.05, 0.1) is 10.6 Å². The molecule has 1 saturated heterocycles. The van der Waals surface area contributed by atoms with E-state index in [0.717, 1.165) is 12.1 Å². The summed E-state index contributed by atoms with van der Waals surface area (Å²) >= 11 is 9.10. The van der Waals surface area contributed by atoms with Crippen molar-refractivity contribution in [1.29, 1.82) is 0 Å². The summed E-state index contributed by atoms with van der Waals surface area (Å²) in [4.78, 5) is 20.8. The Kier molecular flexibility index (Phi) is 7.47. The lowest BCUT2D eigenvalue weighted by Crippen LogP contribution is -2.47. The lowest BCUT2D eigenvalue weighted by Gasteiger charge is -2.31. The molecule has 0 aliphatic carbocycles. The van der Waals surface area contributed by atoms with Gasteiger partial charge in [-0.25, -0.2) is 9.37 Å². The molecule has 1 atom stereocenters. The van der Waals surface area contributed by atoms with Crippen molar-refractivity contribution in [2.75, 3.05) is 28.2 Å². The second-order valence-electron chi connectivity index (χ2n) is 7.34. The maximum absolute atomic E-state index is 14.0. The third-order valence-corrected chi connectivity index (χ3v) is 5.96. The summed E-state index contributed by atoms with van der Waals surface area (Å²) in [7, 11) is 0. The van der Waals surface area contributed by atoms with Crippen LogP contribution >= 0.6 is 27.5 Å². The van der Waals surface area contributed by atoms with Gasteiger partial charge in [0, 0.05) is 29.8 Å². The number of benzene rings is 1. The number of aryl methyl sites for hydroxylation is 1. The second-order valence-corrected chi connectivity index (χ2v) is 8.54. The number of anilines is 2. The fourth-order valence-corrected chi connectivity index (χ4v) is 4.05. The van der Waals surface area contributed by atoms with E-state index >= 15 is 0 Å². The van der Waals surface area contributed by atoms with E-state index in [4.69, 9.17) is 11.6 Å². The standard InChI is InChI=1S/C21H21BrClF4N3O/c1-13-10-14(21(25,26)27)11-19(28-13)30-8-2-4-18(30)20(31)29(9-3-7-22)15-5-6-16(23)17(24)12-15/h5-6,10-12,18H,2-4,7-9H2,1H3/t18-/m0/s1. The predicted octanol–water partition coefficient (Wildman–Crippen LogP) is 5.99. The predicted molar refractivity (Wildman–Crippen MR) is 117 cm³/mol. The van der Waals surface area contributed by atoms with E-state index < -0.39 is 23.6 Å². The monoisotopic (exact) mass is 521 g/mol. The number of pyridine rings is 1. The maximum Gasteiger partial charge on any atom is 0.416 e. The van der Waals surface area contributed by atoms with E-state index in [-0.39, 0.29) is 22.4 Å². The van der Waals surface area contributed by atoms with Crippen molar-refractivity contribution in [3.8, 4) is 0 Å². The second kappa shape index (κ2) is 9.73. The zero-order chi connectivity index (χ0) is 22.8. The van der Waals surface area contributed by atoms with Gasteiger partial charge in [-0.05, 0) is 56.5 Å². The Balaban J connectivity index is 1.94. The van der Waals surface area contributed by atoms with Crippen molar-refractivity contribution in [3.63, 3.8) is 0 Å². The van der Waals surface area contributed by atoms with Gasteiger partial charge in [-0.3, -0.25) is 4.79 Å². The smallest absolute Gasteiger partial charge is 0.345 e. The zero-order valence-electron chi connectivity index (χ0n) is 16.7. The van der Waals surface area contributed by atoms with Gasteiger partial charge >= 0.3 is 6.18 Å². The highest BCUT2D eigenvalue weighted by atomic mass is 79.9. The fraction of sp³-hybridized carbons (Fsp3) is 0.429. The largest absolute Gasteiger partial charge is 0.416 e. The summed E-state index contributed by atoms with van der Waals surface area (Å²) in [5.74, 6) is -0.836. The van der Waals surface area contributed by atoms with Crippen LogP contribution in [0.4, 0.5) is 29.1 Å². The molecule has 1 aliphatic heterocycles. The highest BCUT2D eigenvalue weighted by molar-refractivity contribution is 9.09. The summed E-state index contributed by atoms with van der Waals surface area (Å²) in [6, 6.07) is 5.40. The van der Waals surface area contributed by atoms with Gasteiger partial charge in [0.1, 0.15) is 17.7 Å². The number of carbonyl (C=O) groups is 1. The number of rotatable bonds is 6. The molecule has 0 saturated carbocycles. The van der Waals surface area contributed by atoms with Crippen molar-refractivity contribution < 1.29 is 22.4 Å². The van der Waals surface area contributed by atoms with Gasteiger partial charge in [-0.1, -0.05) is 27.5 Å². The number of carbonyl (C=O) groups excluding carboxylic acids is 1. The zero-order valence-corrected chi connectivity index (χ0v) is 19.1. The number of halogens is 6. The quantitative estimate of drug-likeness (QED) is 0.345. The van der Waals surface area contributed by atoms with Gasteiger partial charge < -0.3 is 9.80 Å². The summed E-state index contributed by atoms with van der Waals surface area (Å²) in [5, 5.41) is 0.582. The molecule has 1 fully saturated rings. The Hall–Kier alpha value is -1.87. The van der Waals surface area contributed by atoms with Gasteiger partial charge in [-0.15, -0.1) is 0 Å². The van der Waals surface area contributed by atoms with E-state index in [1.807, 2.05) is 0 Å². The molecule has 0 bridgehead atoms. The molecule has 2 heterocycles. The maximum atomic E-state index is 14.0. The van der Waals surface area contributed by atoms with Gasteiger partial charge in [0.15, 0.2) is 0 Å². The van der Waals surface area contributed by atoms with Crippen LogP contribution in [0.15, 0.2) is 30.3 Å². The van der Waals surface area contributed by atoms with Crippen LogP contribution in [-0.4, -0.2) is 35.4 Å². The Bertz CT molecular complexity index is 957. The van der Waals surface area contributed by atoms with Crippen molar-refractivity contribution >= 4 is 44.9 Å². The van der Waals surface area contributed by atoms with Crippen LogP contribution in [0.2, 0.25) is 5.02 Å². The molecule has 0 unspecified atom stereocenters. The summed E-state index contributed by atoms with van der Waals surface area (Å²) < 4.78 is 53.9. The van der Waals surface area contributed by atoms with E-state index in [0.29, 0.717) is 43.4 Å². The molecule has 1 aliphatic rings. The van der Waals surface area contributed by atoms with Crippen LogP contribution in [-0.2, 0) is 11.0 Å². The first kappa shape index (κ1) is 23.8. The molecule has 1 aromatic carbocycles. The number of alkyl halides is 4. The summed E-state index contributed by atoms with van der Waals surface area (Å²) in [6.07, 6.45) is -2.79. The highest BCUT2D eigenvalue weighted by Crippen LogP contribution is 2.34. The Morgan fingerprint density at radius 2 is 2.06 bits per heavy atom. The van der Waals surface area contributed by atoms with Crippen molar-refractivity contribution in [1.82, 2.24) is 4.98 Å². The third-order valence-electron chi connectivity index (χ3n) is 5.10. The number of hydrogen-bond acceptors (Lipinski definition) is 3. The minimum Gasteiger partial charge on any atom is -0.345 e. The molecule has 0 spiro atoms. The lowest BCUT2D eigenvalue weighted by molar-refractivity contribution is -0.137. The molecular formula is C21H21BrClF4N3O. The molecule has 4 nitrogen and oxygen atoms in total. The SMILES string of the molecule is Cc1cc(C(F)(F)F)cc(N2CCC[C@H]2C(=O)N(CCCBr)c2ccc(Cl)c(F)c2)n1. The van der Waals surface area contributed by atoms with Crippen molar-refractivity contribution in [2.45, 2.75) is 38.4 Å². The normalized spacial score (nSPS) is 16.6. The van der Waals surface area contributed by atoms with Gasteiger partial charge in [-0.2, -0.15) is 13.2 Å². The molecular weight excluding hydrogens is 502 g/mol. The Labute approximate surface area is 191 Å². The number of hydrogen-bond donors (Lipinski definition) is 0. The van der Waals surface area contributed by atoms with Gasteiger partial charge in [0.2, 0.25) is 5.91 Å². The molecule has 1 amide bonds. The molecule has 0 N–H and O–H groups in total. The molecule has 168 valence electrons. The minimum absolute atomic E-state index is 0.0530. The van der Waals surface area contributed by atoms with E-state index in [2.05, 4.69) is 20.9 Å². The minimum atomic E-state index is -4.51. The van der Waals surface area contributed by atoms with E-state index in [1.165, 1.54) is 24.0 Å². The molecule has 31 heavy (non-hydrogen) atoms. The van der Waals surface area contributed by atoms with Crippen LogP contribution in [0.25, 0.3) is 0 Å². The van der Waals surface area contributed by atoms with E-state index in [1.54, 1.807) is 11.0 Å². The average Bonchev–Trinajstić information content (AvgIpc) is 3.19. The average molecular weight is 523 g/mol. The summed E-state index contributed by atoms with van der Waals surface area (Å²) in [6.45, 7) is 2.22. The van der Waals surface area contributed by atoms with Crippen LogP contribution < -0.4 is 9.80 Å². The first-order valence-corrected chi connectivity index (χ1v) is 11.3. The first-order valence-electron chi connectivity index (χ1n) is 9.76. The first-order chi connectivity index (χ1) is 14.6.